The molecule has 0 aliphatic carbocycles. The molecule has 0 radical (unpaired) electrons. The average molecular weight is 995 g/mol. The Morgan fingerprint density at radius 3 is 2.11 bits per heavy atom. The number of anilines is 3. The second kappa shape index (κ2) is 20.5. The molecule has 3 aliphatic heterocycles. The Bertz CT molecular complexity index is 2840. The first-order chi connectivity index (χ1) is 33.7. The van der Waals surface area contributed by atoms with Gasteiger partial charge in [-0.2, -0.15) is 4.68 Å². The molecule has 2 aromatic heterocycles. The quantitative estimate of drug-likeness (QED) is 0.130. The maximum absolute atomic E-state index is 14.6. The van der Waals surface area contributed by atoms with E-state index in [1.807, 2.05) is 4.90 Å². The highest BCUT2D eigenvalue weighted by molar-refractivity contribution is 6.41. The summed E-state index contributed by atoms with van der Waals surface area (Å²) in [6, 6.07) is 16.2. The number of morpholine rings is 1. The minimum atomic E-state index is -1.24. The van der Waals surface area contributed by atoms with Crippen LogP contribution in [0, 0.1) is 5.92 Å². The number of fused-ring (bicyclic) bond motifs is 1. The summed E-state index contributed by atoms with van der Waals surface area (Å²) in [5, 5.41) is 17.8. The number of hydrogen-bond donors (Lipinski definition) is 2. The topological polar surface area (TPSA) is 233 Å². The Kier molecular flexibility index (Phi) is 14.5. The van der Waals surface area contributed by atoms with Crippen molar-refractivity contribution >= 4 is 81.3 Å². The maximum atomic E-state index is 14.6. The third-order valence-corrected chi connectivity index (χ3v) is 12.3. The molecule has 3 aromatic carbocycles. The van der Waals surface area contributed by atoms with E-state index in [0.717, 1.165) is 4.57 Å². The predicted octanol–water partition coefficient (Wildman–Crippen LogP) is 5.54. The Morgan fingerprint density at radius 2 is 1.45 bits per heavy atom. The van der Waals surface area contributed by atoms with Crippen LogP contribution in [0.3, 0.4) is 0 Å². The fraction of sp³-hybridized carbons (Fsp3) is 0.429. The van der Waals surface area contributed by atoms with E-state index >= 15 is 0 Å². The molecule has 1 atom stereocenters. The first kappa shape index (κ1) is 50.0. The minimum Gasteiger partial charge on any atom is -0.455 e. The number of likely N-dealkylation sites (tertiary alicyclic amines) is 1. The van der Waals surface area contributed by atoms with Crippen LogP contribution in [0.5, 0.6) is 0 Å². The number of ether oxygens (including phenoxy) is 3. The van der Waals surface area contributed by atoms with Crippen molar-refractivity contribution in [2.75, 3.05) is 68.0 Å². The number of hydrogen-bond acceptors (Lipinski definition) is 13. The first-order valence-corrected chi connectivity index (χ1v) is 23.7. The van der Waals surface area contributed by atoms with Crippen molar-refractivity contribution in [2.24, 2.45) is 5.92 Å². The van der Waals surface area contributed by atoms with Gasteiger partial charge >= 0.3 is 29.9 Å². The zero-order valence-corrected chi connectivity index (χ0v) is 41.1. The van der Waals surface area contributed by atoms with Gasteiger partial charge in [0.15, 0.2) is 0 Å². The van der Waals surface area contributed by atoms with Gasteiger partial charge in [0.1, 0.15) is 29.3 Å². The van der Waals surface area contributed by atoms with E-state index < -0.39 is 47.0 Å². The van der Waals surface area contributed by atoms with E-state index in [2.05, 4.69) is 26.2 Å². The van der Waals surface area contributed by atoms with Crippen LogP contribution in [0.1, 0.15) is 70.4 Å². The van der Waals surface area contributed by atoms with Crippen LogP contribution >= 0.6 is 11.6 Å². The van der Waals surface area contributed by atoms with Gasteiger partial charge in [-0.25, -0.2) is 19.0 Å². The summed E-state index contributed by atoms with van der Waals surface area (Å²) < 4.78 is 19.1. The normalized spacial score (nSPS) is 16.5. The number of piperazine rings is 1. The van der Waals surface area contributed by atoms with Crippen molar-refractivity contribution < 1.29 is 47.8 Å². The molecule has 0 spiro atoms. The number of carbonyl (C=O) groups is 7. The Balaban J connectivity index is 1.03. The van der Waals surface area contributed by atoms with Crippen LogP contribution in [0.2, 0.25) is 5.02 Å². The van der Waals surface area contributed by atoms with E-state index in [-0.39, 0.29) is 54.4 Å². The van der Waals surface area contributed by atoms with Gasteiger partial charge in [-0.3, -0.25) is 19.2 Å². The Labute approximate surface area is 414 Å². The summed E-state index contributed by atoms with van der Waals surface area (Å²) >= 11 is 6.38. The molecule has 5 aromatic rings. The number of nitrogens with one attached hydrogen (secondary N) is 2. The fourth-order valence-electron chi connectivity index (χ4n) is 8.72. The minimum absolute atomic E-state index is 0.0228. The van der Waals surface area contributed by atoms with Crippen LogP contribution in [0.15, 0.2) is 73.1 Å². The van der Waals surface area contributed by atoms with Gasteiger partial charge in [0, 0.05) is 73.4 Å². The van der Waals surface area contributed by atoms with Crippen LogP contribution in [-0.4, -0.2) is 151 Å². The molecule has 374 valence electrons. The average Bonchev–Trinajstić information content (AvgIpc) is 4.01. The molecule has 5 heterocycles. The number of tetrazole rings is 1. The van der Waals surface area contributed by atoms with Gasteiger partial charge in [-0.15, -0.1) is 5.10 Å². The molecule has 0 bridgehead atoms. The second-order valence-electron chi connectivity index (χ2n) is 19.5. The summed E-state index contributed by atoms with van der Waals surface area (Å²) in [5.41, 5.74) is 0.484. The number of urea groups is 1. The molecule has 71 heavy (non-hydrogen) atoms. The summed E-state index contributed by atoms with van der Waals surface area (Å²) in [7, 11) is 0. The van der Waals surface area contributed by atoms with Crippen LogP contribution in [0.25, 0.3) is 16.6 Å². The first-order valence-electron chi connectivity index (χ1n) is 23.3. The van der Waals surface area contributed by atoms with E-state index in [4.69, 9.17) is 25.8 Å². The van der Waals surface area contributed by atoms with Gasteiger partial charge in [0.2, 0.25) is 11.8 Å². The molecular weight excluding hydrogens is 938 g/mol. The highest BCUT2D eigenvalue weighted by Gasteiger charge is 2.41. The van der Waals surface area contributed by atoms with Crippen LogP contribution in [0.4, 0.5) is 26.7 Å². The molecule has 22 heteroatoms. The lowest BCUT2D eigenvalue weighted by molar-refractivity contribution is -0.149. The molecule has 1 unspecified atom stereocenters. The van der Waals surface area contributed by atoms with Gasteiger partial charge in [-0.05, 0) is 125 Å². The lowest BCUT2D eigenvalue weighted by Gasteiger charge is -2.38. The van der Waals surface area contributed by atoms with Gasteiger partial charge in [0.05, 0.1) is 30.1 Å². The summed E-state index contributed by atoms with van der Waals surface area (Å²) in [5.74, 6) is -3.32. The lowest BCUT2D eigenvalue weighted by Crippen LogP contribution is -2.60. The fourth-order valence-corrected chi connectivity index (χ4v) is 8.89. The van der Waals surface area contributed by atoms with Crippen molar-refractivity contribution in [3.8, 4) is 5.69 Å². The molecule has 6 amide bonds. The van der Waals surface area contributed by atoms with E-state index in [0.29, 0.717) is 85.1 Å². The third-order valence-electron chi connectivity index (χ3n) is 12.1. The number of rotatable bonds is 10. The molecule has 21 nitrogen and oxygen atoms in total. The number of halogens is 1. The van der Waals surface area contributed by atoms with Gasteiger partial charge in [0.25, 0.3) is 0 Å². The SMILES string of the molecule is CC(C)(C)OC(=O)c1cc2cc(NC(=O)C(Cc3ccc(NC(=O)N4CCC(C(=O)N5CCOCC5)CC4)cc3)N3CCN(c4cc(Cl)ccc4-n4cnnn4)C(=O)C3=O)ccc2n1C(=O)OC(C)(C)C. The monoisotopic (exact) mass is 993 g/mol. The Morgan fingerprint density at radius 1 is 0.761 bits per heavy atom. The number of esters is 1. The van der Waals surface area contributed by atoms with Crippen molar-refractivity contribution in [2.45, 2.75) is 78.0 Å². The highest BCUT2D eigenvalue weighted by atomic mass is 35.5. The Hall–Kier alpha value is -7.39. The molecule has 8 rings (SSSR count). The highest BCUT2D eigenvalue weighted by Crippen LogP contribution is 2.32. The molecule has 3 aliphatic rings. The maximum Gasteiger partial charge on any atom is 0.419 e. The molecule has 2 N–H and O–H groups in total. The molecule has 3 saturated heterocycles. The van der Waals surface area contributed by atoms with Gasteiger partial charge in [-0.1, -0.05) is 23.7 Å². The van der Waals surface area contributed by atoms with Crippen molar-refractivity contribution in [3.05, 3.63) is 89.3 Å². The summed E-state index contributed by atoms with van der Waals surface area (Å²) in [4.78, 5) is 102. The van der Waals surface area contributed by atoms with E-state index in [1.54, 1.807) is 101 Å². The van der Waals surface area contributed by atoms with Crippen molar-refractivity contribution in [3.63, 3.8) is 0 Å². The summed E-state index contributed by atoms with van der Waals surface area (Å²) in [6.07, 6.45) is 1.60. The number of nitrogens with zero attached hydrogens (tertiary/aromatic N) is 9. The smallest absolute Gasteiger partial charge is 0.419 e. The number of amides is 6. The summed E-state index contributed by atoms with van der Waals surface area (Å²) in [6.45, 7) is 13.2. The lowest BCUT2D eigenvalue weighted by atomic mass is 9.95. The van der Waals surface area contributed by atoms with Crippen LogP contribution < -0.4 is 15.5 Å². The van der Waals surface area contributed by atoms with Gasteiger partial charge < -0.3 is 44.4 Å². The molecule has 3 fully saturated rings. The zero-order valence-electron chi connectivity index (χ0n) is 40.3. The van der Waals surface area contributed by atoms with Crippen molar-refractivity contribution in [1.82, 2.24) is 39.5 Å². The standard InChI is InChI=1S/C49H56ClN11O10/c1-48(2,3)70-45(66)40-27-32-26-35(12-14-36(32)61(40)47(68)71-49(4,5)6)52-41(62)39(59-20-19-58(43(64)44(59)65)38-28-33(50)9-13-37(38)60-29-51-54-55-60)25-30-7-10-34(11-8-30)53-46(67)57-17-15-31(16-18-57)42(63)56-21-23-69-24-22-56/h7-14,26-29,31,39H,15-25H2,1-6H3,(H,52,62)(H,53,67). The zero-order chi connectivity index (χ0) is 50.8. The van der Waals surface area contributed by atoms with Crippen LogP contribution in [-0.2, 0) is 39.8 Å². The van der Waals surface area contributed by atoms with E-state index in [9.17, 15) is 33.6 Å². The largest absolute Gasteiger partial charge is 0.455 e. The van der Waals surface area contributed by atoms with Crippen molar-refractivity contribution in [1.29, 1.82) is 0 Å². The third kappa shape index (κ3) is 11.6. The number of aromatic nitrogens is 5. The second-order valence-corrected chi connectivity index (χ2v) is 19.9. The molecular formula is C49H56ClN11O10. The number of carbonyl (C=O) groups excluding carboxylic acids is 7. The number of benzene rings is 3. The predicted molar refractivity (Wildman–Crippen MR) is 260 cm³/mol. The van der Waals surface area contributed by atoms with E-state index in [1.165, 1.54) is 32.9 Å². The molecule has 0 saturated carbocycles. The number of piperidine rings is 1.